The molecule has 0 bridgehead atoms. The summed E-state index contributed by atoms with van der Waals surface area (Å²) in [5.41, 5.74) is 0. The minimum Gasteiger partial charge on any atom is -0.492 e. The number of hydrogen-bond acceptors (Lipinski definition) is 4. The number of morpholine rings is 1. The van der Waals surface area contributed by atoms with Crippen LogP contribution in [0, 0.1) is 0 Å². The van der Waals surface area contributed by atoms with E-state index in [4.69, 9.17) is 21.1 Å². The van der Waals surface area contributed by atoms with E-state index in [-0.39, 0.29) is 12.0 Å². The zero-order valence-electron chi connectivity index (χ0n) is 11.5. The van der Waals surface area contributed by atoms with Crippen LogP contribution in [0.25, 0.3) is 0 Å². The summed E-state index contributed by atoms with van der Waals surface area (Å²) in [5.74, 6) is 0.681. The summed E-state index contributed by atoms with van der Waals surface area (Å²) < 4.78 is 11.0. The second-order valence-electron chi connectivity index (χ2n) is 4.63. The largest absolute Gasteiger partial charge is 0.492 e. The van der Waals surface area contributed by atoms with E-state index in [1.54, 1.807) is 24.1 Å². The molecule has 1 fully saturated rings. The van der Waals surface area contributed by atoms with Crippen LogP contribution in [-0.4, -0.2) is 56.8 Å². The Morgan fingerprint density at radius 3 is 3.15 bits per heavy atom. The van der Waals surface area contributed by atoms with Crippen LogP contribution in [0.3, 0.4) is 0 Å². The maximum atomic E-state index is 12.1. The van der Waals surface area contributed by atoms with Gasteiger partial charge in [0.05, 0.1) is 13.2 Å². The van der Waals surface area contributed by atoms with E-state index < -0.39 is 0 Å². The number of hydrogen-bond donors (Lipinski definition) is 1. The van der Waals surface area contributed by atoms with Crippen molar-refractivity contribution in [1.82, 2.24) is 10.2 Å². The minimum absolute atomic E-state index is 0.0214. The van der Waals surface area contributed by atoms with E-state index in [1.165, 1.54) is 0 Å². The second kappa shape index (κ2) is 7.47. The van der Waals surface area contributed by atoms with Gasteiger partial charge in [-0.2, -0.15) is 0 Å². The van der Waals surface area contributed by atoms with Gasteiger partial charge in [-0.05, 0) is 18.2 Å². The highest BCUT2D eigenvalue weighted by Gasteiger charge is 2.24. The van der Waals surface area contributed by atoms with Gasteiger partial charge in [-0.25, -0.2) is 0 Å². The first-order chi connectivity index (χ1) is 9.66. The summed E-state index contributed by atoms with van der Waals surface area (Å²) >= 11 is 5.87. The molecule has 1 saturated heterocycles. The number of rotatable bonds is 5. The fourth-order valence-electron chi connectivity index (χ4n) is 1.94. The molecule has 1 unspecified atom stereocenters. The van der Waals surface area contributed by atoms with Gasteiger partial charge in [0, 0.05) is 25.2 Å². The summed E-state index contributed by atoms with van der Waals surface area (Å²) in [4.78, 5) is 13.7. The zero-order chi connectivity index (χ0) is 14.4. The Morgan fingerprint density at radius 2 is 2.45 bits per heavy atom. The summed E-state index contributed by atoms with van der Waals surface area (Å²) in [6.07, 6.45) is -0.389. The molecule has 0 spiro atoms. The Bertz CT molecular complexity index is 450. The lowest BCUT2D eigenvalue weighted by molar-refractivity contribution is -0.144. The van der Waals surface area contributed by atoms with Crippen molar-refractivity contribution in [1.29, 1.82) is 0 Å². The first kappa shape index (κ1) is 15.1. The van der Waals surface area contributed by atoms with Crippen molar-refractivity contribution in [2.45, 2.75) is 6.10 Å². The third kappa shape index (κ3) is 4.37. The number of nitrogens with zero attached hydrogens (tertiary/aromatic N) is 1. The standard InChI is InChI=1S/C14H19ClN2O3/c1-17(14(18)13-10-16-5-7-20-13)6-8-19-12-4-2-3-11(15)9-12/h2-4,9,13,16H,5-8,10H2,1H3. The molecule has 0 saturated carbocycles. The zero-order valence-corrected chi connectivity index (χ0v) is 12.2. The minimum atomic E-state index is -0.389. The Kier molecular flexibility index (Phi) is 5.64. The Morgan fingerprint density at radius 1 is 1.60 bits per heavy atom. The van der Waals surface area contributed by atoms with Gasteiger partial charge in [-0.1, -0.05) is 17.7 Å². The molecule has 5 nitrogen and oxygen atoms in total. The quantitative estimate of drug-likeness (QED) is 0.886. The van der Waals surface area contributed by atoms with Crippen LogP contribution in [0.1, 0.15) is 0 Å². The molecule has 1 N–H and O–H groups in total. The van der Waals surface area contributed by atoms with Gasteiger partial charge in [0.15, 0.2) is 0 Å². The number of amides is 1. The van der Waals surface area contributed by atoms with Crippen molar-refractivity contribution < 1.29 is 14.3 Å². The summed E-state index contributed by atoms with van der Waals surface area (Å²) in [6.45, 7) is 2.86. The van der Waals surface area contributed by atoms with E-state index in [0.29, 0.717) is 37.1 Å². The smallest absolute Gasteiger partial charge is 0.252 e. The summed E-state index contributed by atoms with van der Waals surface area (Å²) in [7, 11) is 1.75. The van der Waals surface area contributed by atoms with Gasteiger partial charge in [0.2, 0.25) is 0 Å². The average Bonchev–Trinajstić information content (AvgIpc) is 2.47. The monoisotopic (exact) mass is 298 g/mol. The summed E-state index contributed by atoms with van der Waals surface area (Å²) in [6, 6.07) is 7.20. The molecule has 1 aromatic rings. The number of benzene rings is 1. The van der Waals surface area contributed by atoms with Gasteiger partial charge < -0.3 is 19.7 Å². The van der Waals surface area contributed by atoms with Crippen LogP contribution in [0.4, 0.5) is 0 Å². The first-order valence-corrected chi connectivity index (χ1v) is 7.00. The fraction of sp³-hybridized carbons (Fsp3) is 0.500. The Balaban J connectivity index is 1.74. The molecule has 1 heterocycles. The van der Waals surface area contributed by atoms with Crippen LogP contribution >= 0.6 is 11.6 Å². The van der Waals surface area contributed by atoms with Crippen LogP contribution < -0.4 is 10.1 Å². The van der Waals surface area contributed by atoms with Crippen molar-refractivity contribution >= 4 is 17.5 Å². The number of halogens is 1. The second-order valence-corrected chi connectivity index (χ2v) is 5.07. The molecule has 1 amide bonds. The molecule has 0 radical (unpaired) electrons. The molecule has 1 atom stereocenters. The molecule has 1 aliphatic rings. The van der Waals surface area contributed by atoms with Crippen molar-refractivity contribution in [3.63, 3.8) is 0 Å². The molecular weight excluding hydrogens is 280 g/mol. The number of ether oxygens (including phenoxy) is 2. The van der Waals surface area contributed by atoms with Gasteiger partial charge in [-0.3, -0.25) is 4.79 Å². The van der Waals surface area contributed by atoms with Gasteiger partial charge in [-0.15, -0.1) is 0 Å². The van der Waals surface area contributed by atoms with E-state index in [1.807, 2.05) is 12.1 Å². The van der Waals surface area contributed by atoms with Gasteiger partial charge in [0.1, 0.15) is 18.5 Å². The molecule has 0 aliphatic carbocycles. The number of nitrogens with one attached hydrogen (secondary N) is 1. The van der Waals surface area contributed by atoms with E-state index in [9.17, 15) is 4.79 Å². The highest BCUT2D eigenvalue weighted by atomic mass is 35.5. The predicted molar refractivity (Wildman–Crippen MR) is 77.2 cm³/mol. The van der Waals surface area contributed by atoms with Crippen molar-refractivity contribution in [2.24, 2.45) is 0 Å². The molecule has 2 rings (SSSR count). The molecule has 20 heavy (non-hydrogen) atoms. The molecule has 1 aliphatic heterocycles. The average molecular weight is 299 g/mol. The Labute approximate surface area is 123 Å². The lowest BCUT2D eigenvalue weighted by Gasteiger charge is -2.27. The Hall–Kier alpha value is -1.30. The van der Waals surface area contributed by atoms with E-state index in [2.05, 4.69) is 5.32 Å². The highest BCUT2D eigenvalue weighted by molar-refractivity contribution is 6.30. The number of carbonyl (C=O) groups is 1. The topological polar surface area (TPSA) is 50.8 Å². The van der Waals surface area contributed by atoms with Crippen LogP contribution in [0.5, 0.6) is 5.75 Å². The third-order valence-corrected chi connectivity index (χ3v) is 3.31. The lowest BCUT2D eigenvalue weighted by Crippen LogP contribution is -2.49. The van der Waals surface area contributed by atoms with Crippen molar-refractivity contribution in [2.75, 3.05) is 39.9 Å². The lowest BCUT2D eigenvalue weighted by atomic mass is 10.2. The van der Waals surface area contributed by atoms with E-state index >= 15 is 0 Å². The summed E-state index contributed by atoms with van der Waals surface area (Å²) in [5, 5.41) is 3.77. The van der Waals surface area contributed by atoms with Crippen LogP contribution in [-0.2, 0) is 9.53 Å². The third-order valence-electron chi connectivity index (χ3n) is 3.07. The normalized spacial score (nSPS) is 18.6. The van der Waals surface area contributed by atoms with Crippen LogP contribution in [0.15, 0.2) is 24.3 Å². The number of carbonyl (C=O) groups excluding carboxylic acids is 1. The fourth-order valence-corrected chi connectivity index (χ4v) is 2.12. The first-order valence-electron chi connectivity index (χ1n) is 6.62. The number of likely N-dealkylation sites (N-methyl/N-ethyl adjacent to an activating group) is 1. The molecular formula is C14H19ClN2O3. The molecule has 6 heteroatoms. The van der Waals surface area contributed by atoms with Crippen molar-refractivity contribution in [3.8, 4) is 5.75 Å². The highest BCUT2D eigenvalue weighted by Crippen LogP contribution is 2.16. The molecule has 0 aromatic heterocycles. The van der Waals surface area contributed by atoms with Crippen molar-refractivity contribution in [3.05, 3.63) is 29.3 Å². The van der Waals surface area contributed by atoms with E-state index in [0.717, 1.165) is 6.54 Å². The van der Waals surface area contributed by atoms with Gasteiger partial charge in [0.25, 0.3) is 5.91 Å². The molecule has 1 aromatic carbocycles. The van der Waals surface area contributed by atoms with Gasteiger partial charge >= 0.3 is 0 Å². The maximum absolute atomic E-state index is 12.1. The van der Waals surface area contributed by atoms with Crippen LogP contribution in [0.2, 0.25) is 5.02 Å². The SMILES string of the molecule is CN(CCOc1cccc(Cl)c1)C(=O)C1CNCCO1. The predicted octanol–water partition coefficient (Wildman–Crippen LogP) is 1.17. The molecule has 110 valence electrons. The maximum Gasteiger partial charge on any atom is 0.252 e.